The lowest BCUT2D eigenvalue weighted by Crippen LogP contribution is -2.56. The highest BCUT2D eigenvalue weighted by atomic mass is 16.2. The van der Waals surface area contributed by atoms with Crippen LogP contribution < -0.4 is 5.32 Å². The van der Waals surface area contributed by atoms with Gasteiger partial charge in [-0.2, -0.15) is 0 Å². The Bertz CT molecular complexity index is 1090. The number of aryl methyl sites for hydroxylation is 1. The number of urea groups is 1. The molecule has 7 heteroatoms. The zero-order valence-electron chi connectivity index (χ0n) is 21.2. The normalized spacial score (nSPS) is 21.1. The molecular weight excluding hydrogens is 440 g/mol. The number of nitrogens with one attached hydrogen (secondary N) is 1. The molecule has 0 unspecified atom stereocenters. The highest BCUT2D eigenvalue weighted by molar-refractivity contribution is 6.07. The zero-order chi connectivity index (χ0) is 25.2. The molecule has 2 aliphatic rings. The van der Waals surface area contributed by atoms with Crippen LogP contribution in [0.4, 0.5) is 4.79 Å². The van der Waals surface area contributed by atoms with E-state index in [2.05, 4.69) is 24.1 Å². The summed E-state index contributed by atoms with van der Waals surface area (Å²) in [5.41, 5.74) is 2.61. The van der Waals surface area contributed by atoms with Gasteiger partial charge in [0.05, 0.1) is 12.2 Å². The fourth-order valence-corrected chi connectivity index (χ4v) is 5.34. The SMILES string of the molecule is Cc1cccc(C(=O)N2CCC([C@@]3(CCC(C)C)NC(=O)N(Cc4ccccn4)C3=O)CC2)c1C. The van der Waals surface area contributed by atoms with Crippen molar-refractivity contribution >= 4 is 17.8 Å². The second-order valence-corrected chi connectivity index (χ2v) is 10.4. The molecule has 1 N–H and O–H groups in total. The Balaban J connectivity index is 1.52. The van der Waals surface area contributed by atoms with Crippen LogP contribution in [-0.4, -0.2) is 51.3 Å². The van der Waals surface area contributed by atoms with Gasteiger partial charge in [-0.3, -0.25) is 19.5 Å². The number of aromatic nitrogens is 1. The summed E-state index contributed by atoms with van der Waals surface area (Å²) in [7, 11) is 0. The molecule has 0 aliphatic carbocycles. The Morgan fingerprint density at radius 2 is 1.86 bits per heavy atom. The van der Waals surface area contributed by atoms with Crippen LogP contribution in [0.5, 0.6) is 0 Å². The maximum atomic E-state index is 13.8. The predicted molar refractivity (Wildman–Crippen MR) is 135 cm³/mol. The summed E-state index contributed by atoms with van der Waals surface area (Å²) >= 11 is 0. The first-order chi connectivity index (χ1) is 16.7. The van der Waals surface area contributed by atoms with E-state index in [0.717, 1.165) is 23.1 Å². The number of rotatable bonds is 7. The molecular formula is C28H36N4O3. The highest BCUT2D eigenvalue weighted by Crippen LogP contribution is 2.38. The van der Waals surface area contributed by atoms with Crippen molar-refractivity contribution in [3.63, 3.8) is 0 Å². The van der Waals surface area contributed by atoms with Crippen molar-refractivity contribution in [3.8, 4) is 0 Å². The van der Waals surface area contributed by atoms with Gasteiger partial charge in [-0.25, -0.2) is 4.79 Å². The van der Waals surface area contributed by atoms with E-state index in [-0.39, 0.29) is 30.3 Å². The van der Waals surface area contributed by atoms with Crippen molar-refractivity contribution in [1.82, 2.24) is 20.1 Å². The van der Waals surface area contributed by atoms with E-state index in [0.29, 0.717) is 44.0 Å². The first-order valence-electron chi connectivity index (χ1n) is 12.6. The average molecular weight is 477 g/mol. The fraction of sp³-hybridized carbons (Fsp3) is 0.500. The number of hydrogen-bond donors (Lipinski definition) is 1. The number of hydrogen-bond acceptors (Lipinski definition) is 4. The molecule has 4 rings (SSSR count). The Labute approximate surface area is 207 Å². The third kappa shape index (κ3) is 4.95. The summed E-state index contributed by atoms with van der Waals surface area (Å²) < 4.78 is 0. The first-order valence-corrected chi connectivity index (χ1v) is 12.6. The molecule has 0 spiro atoms. The Hall–Kier alpha value is -3.22. The summed E-state index contributed by atoms with van der Waals surface area (Å²) in [6, 6.07) is 11.0. The number of benzene rings is 1. The molecule has 1 aromatic carbocycles. The van der Waals surface area contributed by atoms with E-state index in [4.69, 9.17) is 0 Å². The smallest absolute Gasteiger partial charge is 0.325 e. The minimum absolute atomic E-state index is 0.0194. The van der Waals surface area contributed by atoms with Crippen LogP contribution >= 0.6 is 0 Å². The summed E-state index contributed by atoms with van der Waals surface area (Å²) in [5, 5.41) is 3.11. The van der Waals surface area contributed by atoms with Crippen molar-refractivity contribution in [2.75, 3.05) is 13.1 Å². The van der Waals surface area contributed by atoms with Crippen LogP contribution in [0.1, 0.15) is 66.7 Å². The number of pyridine rings is 1. The molecule has 3 heterocycles. The third-order valence-corrected chi connectivity index (χ3v) is 7.68. The largest absolute Gasteiger partial charge is 0.339 e. The molecule has 1 aromatic heterocycles. The van der Waals surface area contributed by atoms with E-state index in [1.54, 1.807) is 6.20 Å². The second kappa shape index (κ2) is 10.2. The standard InChI is InChI=1S/C28H36N4O3/c1-19(2)11-14-28(26(34)32(27(35)30-28)18-23-9-5-6-15-29-23)22-12-16-31(17-13-22)25(33)24-10-7-8-20(3)21(24)4/h5-10,15,19,22H,11-14,16-18H2,1-4H3,(H,30,35)/t28-/m1/s1. The minimum Gasteiger partial charge on any atom is -0.339 e. The van der Waals surface area contributed by atoms with Crippen LogP contribution in [-0.2, 0) is 11.3 Å². The number of carbonyl (C=O) groups is 3. The minimum atomic E-state index is -0.926. The number of carbonyl (C=O) groups excluding carboxylic acids is 3. The topological polar surface area (TPSA) is 82.6 Å². The Kier molecular flexibility index (Phi) is 7.24. The Morgan fingerprint density at radius 1 is 1.11 bits per heavy atom. The van der Waals surface area contributed by atoms with Crippen LogP contribution in [0.2, 0.25) is 0 Å². The number of piperidine rings is 1. The van der Waals surface area contributed by atoms with Crippen LogP contribution in [0.25, 0.3) is 0 Å². The monoisotopic (exact) mass is 476 g/mol. The maximum absolute atomic E-state index is 13.8. The molecule has 2 aliphatic heterocycles. The van der Waals surface area contributed by atoms with Gasteiger partial charge in [-0.05, 0) is 80.7 Å². The van der Waals surface area contributed by atoms with Crippen molar-refractivity contribution in [3.05, 3.63) is 65.0 Å². The molecule has 2 saturated heterocycles. The summed E-state index contributed by atoms with van der Waals surface area (Å²) in [6.45, 7) is 9.57. The van der Waals surface area contributed by atoms with E-state index < -0.39 is 5.54 Å². The molecule has 2 fully saturated rings. The molecule has 0 saturated carbocycles. The van der Waals surface area contributed by atoms with Crippen molar-refractivity contribution in [1.29, 1.82) is 0 Å². The van der Waals surface area contributed by atoms with Crippen molar-refractivity contribution < 1.29 is 14.4 Å². The summed E-state index contributed by atoms with van der Waals surface area (Å²) in [5.74, 6) is 0.272. The fourth-order valence-electron chi connectivity index (χ4n) is 5.34. The first kappa shape index (κ1) is 24.9. The Morgan fingerprint density at radius 3 is 2.51 bits per heavy atom. The van der Waals surface area contributed by atoms with Crippen molar-refractivity contribution in [2.45, 2.75) is 65.5 Å². The zero-order valence-corrected chi connectivity index (χ0v) is 21.2. The predicted octanol–water partition coefficient (Wildman–Crippen LogP) is 4.48. The second-order valence-electron chi connectivity index (χ2n) is 10.4. The van der Waals surface area contributed by atoms with Gasteiger partial charge >= 0.3 is 6.03 Å². The average Bonchev–Trinajstić information content (AvgIpc) is 3.10. The number of amides is 4. The summed E-state index contributed by atoms with van der Waals surface area (Å²) in [6.07, 6.45) is 4.47. The van der Waals surface area contributed by atoms with Crippen LogP contribution in [0.15, 0.2) is 42.6 Å². The maximum Gasteiger partial charge on any atom is 0.325 e. The van der Waals surface area contributed by atoms with E-state index in [1.165, 1.54) is 4.90 Å². The van der Waals surface area contributed by atoms with Crippen molar-refractivity contribution in [2.24, 2.45) is 11.8 Å². The number of nitrogens with zero attached hydrogens (tertiary/aromatic N) is 3. The van der Waals surface area contributed by atoms with Gasteiger partial charge in [-0.15, -0.1) is 0 Å². The molecule has 7 nitrogen and oxygen atoms in total. The van der Waals surface area contributed by atoms with E-state index in [9.17, 15) is 14.4 Å². The van der Waals surface area contributed by atoms with Gasteiger partial charge in [0, 0.05) is 24.8 Å². The molecule has 35 heavy (non-hydrogen) atoms. The lowest BCUT2D eigenvalue weighted by Gasteiger charge is -2.41. The van der Waals surface area contributed by atoms with E-state index in [1.807, 2.05) is 55.1 Å². The van der Waals surface area contributed by atoms with Gasteiger partial charge in [0.1, 0.15) is 5.54 Å². The lowest BCUT2D eigenvalue weighted by molar-refractivity contribution is -0.134. The molecule has 186 valence electrons. The van der Waals surface area contributed by atoms with Crippen LogP contribution in [0, 0.1) is 25.7 Å². The molecule has 0 bridgehead atoms. The molecule has 1 atom stereocenters. The molecule has 2 aromatic rings. The van der Waals surface area contributed by atoms with Crippen LogP contribution in [0.3, 0.4) is 0 Å². The van der Waals surface area contributed by atoms with E-state index >= 15 is 0 Å². The van der Waals surface area contributed by atoms with Gasteiger partial charge in [0.25, 0.3) is 11.8 Å². The quantitative estimate of drug-likeness (QED) is 0.598. The van der Waals surface area contributed by atoms with Gasteiger partial charge < -0.3 is 10.2 Å². The van der Waals surface area contributed by atoms with Gasteiger partial charge in [0.2, 0.25) is 0 Å². The number of likely N-dealkylation sites (tertiary alicyclic amines) is 1. The van der Waals surface area contributed by atoms with Gasteiger partial charge in [0.15, 0.2) is 0 Å². The lowest BCUT2D eigenvalue weighted by atomic mass is 9.73. The highest BCUT2D eigenvalue weighted by Gasteiger charge is 2.55. The third-order valence-electron chi connectivity index (χ3n) is 7.68. The molecule has 4 amide bonds. The van der Waals surface area contributed by atoms with Gasteiger partial charge in [-0.1, -0.05) is 32.0 Å². The number of imide groups is 1. The summed E-state index contributed by atoms with van der Waals surface area (Å²) in [4.78, 5) is 47.6. The molecule has 0 radical (unpaired) electrons.